The van der Waals surface area contributed by atoms with Crippen molar-refractivity contribution in [1.29, 1.82) is 0 Å². The zero-order valence-electron chi connectivity index (χ0n) is 19.8. The Hall–Kier alpha value is -2.70. The fourth-order valence-electron chi connectivity index (χ4n) is 3.20. The Kier molecular flexibility index (Phi) is 8.81. The van der Waals surface area contributed by atoms with E-state index in [1.54, 1.807) is 32.9 Å². The topological polar surface area (TPSA) is 70.1 Å². The normalized spacial score (nSPS) is 11.8. The number of amides is 2. The van der Waals surface area contributed by atoms with Crippen molar-refractivity contribution >= 4 is 63.6 Å². The first kappa shape index (κ1) is 26.6. The van der Waals surface area contributed by atoms with E-state index in [2.05, 4.69) is 23.7 Å². The van der Waals surface area contributed by atoms with Crippen LogP contribution in [0, 0.1) is 5.41 Å². The molecule has 0 aliphatic heterocycles. The van der Waals surface area contributed by atoms with Crippen LogP contribution in [0.1, 0.15) is 41.5 Å². The van der Waals surface area contributed by atoms with Crippen LogP contribution in [0.4, 0.5) is 17.1 Å². The number of nitrogens with zero attached hydrogens (tertiary/aromatic N) is 3. The third kappa shape index (κ3) is 6.42. The number of halogens is 2. The summed E-state index contributed by atoms with van der Waals surface area (Å²) in [5.74, 6) is -1.94. The molecule has 2 aromatic carbocycles. The summed E-state index contributed by atoms with van der Waals surface area (Å²) >= 11 is 12.2. The number of imide groups is 1. The van der Waals surface area contributed by atoms with Crippen LogP contribution in [-0.4, -0.2) is 36.4 Å². The third-order valence-corrected chi connectivity index (χ3v) is 5.52. The molecular weight excluding hydrogens is 461 g/mol. The Labute approximate surface area is 205 Å². The maximum atomic E-state index is 13.5. The molecule has 0 saturated heterocycles. The van der Waals surface area contributed by atoms with Crippen molar-refractivity contribution in [2.24, 2.45) is 10.4 Å². The average Bonchev–Trinajstić information content (AvgIpc) is 2.74. The highest BCUT2D eigenvalue weighted by Crippen LogP contribution is 2.30. The summed E-state index contributed by atoms with van der Waals surface area (Å²) in [4.78, 5) is 46.6. The number of hydrogen-bond acceptors (Lipinski definition) is 5. The second kappa shape index (κ2) is 10.9. The monoisotopic (exact) mass is 489 g/mol. The number of benzene rings is 2. The van der Waals surface area contributed by atoms with Gasteiger partial charge in [-0.2, -0.15) is 0 Å². The molecular formula is C25H29Cl2N3O3. The maximum Gasteiger partial charge on any atom is 0.287 e. The molecule has 0 aliphatic rings. The maximum absolute atomic E-state index is 13.5. The lowest BCUT2D eigenvalue weighted by molar-refractivity contribution is -0.123. The molecule has 0 spiro atoms. The van der Waals surface area contributed by atoms with Crippen molar-refractivity contribution in [1.82, 2.24) is 0 Å². The van der Waals surface area contributed by atoms with Gasteiger partial charge in [0.25, 0.3) is 5.91 Å². The number of hydrogen-bond donors (Lipinski definition) is 0. The molecule has 8 heteroatoms. The largest absolute Gasteiger partial charge is 0.372 e. The number of ketones is 1. The van der Waals surface area contributed by atoms with Crippen LogP contribution in [0.25, 0.3) is 0 Å². The number of rotatable bonds is 7. The number of anilines is 2. The molecule has 2 amide bonds. The van der Waals surface area contributed by atoms with Gasteiger partial charge in [0.1, 0.15) is 0 Å². The van der Waals surface area contributed by atoms with Gasteiger partial charge in [0.2, 0.25) is 5.91 Å². The Bertz CT molecular complexity index is 1070. The van der Waals surface area contributed by atoms with Gasteiger partial charge in [0.05, 0.1) is 16.4 Å². The minimum atomic E-state index is -0.901. The van der Waals surface area contributed by atoms with E-state index in [4.69, 9.17) is 23.2 Å². The molecule has 0 saturated carbocycles. The molecule has 0 bridgehead atoms. The molecule has 2 aromatic rings. The highest BCUT2D eigenvalue weighted by molar-refractivity contribution is 6.70. The average molecular weight is 490 g/mol. The van der Waals surface area contributed by atoms with Crippen molar-refractivity contribution in [3.63, 3.8) is 0 Å². The van der Waals surface area contributed by atoms with Crippen molar-refractivity contribution in [3.05, 3.63) is 52.5 Å². The van der Waals surface area contributed by atoms with Crippen molar-refractivity contribution in [2.45, 2.75) is 41.5 Å². The van der Waals surface area contributed by atoms with Crippen LogP contribution in [0.2, 0.25) is 10.0 Å². The van der Waals surface area contributed by atoms with Crippen LogP contribution in [-0.2, 0) is 14.4 Å². The SMILES string of the molecule is CCN(CC)c1ccc(/N=C(\C(=O)N(C(C)=O)c2ccc(Cl)cc2Cl)C(=O)C(C)(C)C)cc1. The van der Waals surface area contributed by atoms with Gasteiger partial charge in [-0.15, -0.1) is 0 Å². The highest BCUT2D eigenvalue weighted by atomic mass is 35.5. The molecule has 0 fully saturated rings. The predicted octanol–water partition coefficient (Wildman–Crippen LogP) is 6.11. The zero-order chi connectivity index (χ0) is 24.9. The van der Waals surface area contributed by atoms with Crippen LogP contribution in [0.5, 0.6) is 0 Å². The van der Waals surface area contributed by atoms with E-state index in [-0.39, 0.29) is 16.4 Å². The third-order valence-electron chi connectivity index (χ3n) is 4.99. The van der Waals surface area contributed by atoms with Crippen LogP contribution < -0.4 is 9.80 Å². The molecule has 0 unspecified atom stereocenters. The van der Waals surface area contributed by atoms with Gasteiger partial charge in [-0.1, -0.05) is 44.0 Å². The van der Waals surface area contributed by atoms with Gasteiger partial charge in [-0.3, -0.25) is 14.4 Å². The molecule has 0 aromatic heterocycles. The first-order valence-electron chi connectivity index (χ1n) is 10.7. The first-order valence-corrected chi connectivity index (χ1v) is 11.4. The van der Waals surface area contributed by atoms with Crippen molar-refractivity contribution in [3.8, 4) is 0 Å². The highest BCUT2D eigenvalue weighted by Gasteiger charge is 2.36. The molecule has 0 atom stereocenters. The molecule has 2 rings (SSSR count). The predicted molar refractivity (Wildman–Crippen MR) is 136 cm³/mol. The van der Waals surface area contributed by atoms with Crippen LogP contribution >= 0.6 is 23.2 Å². The minimum absolute atomic E-state index is 0.109. The van der Waals surface area contributed by atoms with E-state index in [0.29, 0.717) is 10.7 Å². The zero-order valence-corrected chi connectivity index (χ0v) is 21.3. The fraction of sp³-hybridized carbons (Fsp3) is 0.360. The Morgan fingerprint density at radius 2 is 1.52 bits per heavy atom. The van der Waals surface area contributed by atoms with Crippen LogP contribution in [0.15, 0.2) is 47.5 Å². The summed E-state index contributed by atoms with van der Waals surface area (Å²) in [5, 5.41) is 0.463. The molecule has 33 heavy (non-hydrogen) atoms. The second-order valence-corrected chi connectivity index (χ2v) is 9.33. The molecule has 0 heterocycles. The lowest BCUT2D eigenvalue weighted by Gasteiger charge is -2.24. The number of Topliss-reactive ketones (excluding diaryl/α,β-unsaturated/α-hetero) is 1. The fourth-order valence-corrected chi connectivity index (χ4v) is 3.69. The lowest BCUT2D eigenvalue weighted by Crippen LogP contribution is -2.45. The Morgan fingerprint density at radius 1 is 0.939 bits per heavy atom. The van der Waals surface area contributed by atoms with E-state index in [0.717, 1.165) is 23.7 Å². The minimum Gasteiger partial charge on any atom is -0.372 e. The van der Waals surface area contributed by atoms with Gasteiger partial charge >= 0.3 is 0 Å². The van der Waals surface area contributed by atoms with Crippen LogP contribution in [0.3, 0.4) is 0 Å². The number of carbonyl (C=O) groups is 3. The van der Waals surface area contributed by atoms with E-state index >= 15 is 0 Å². The summed E-state index contributed by atoms with van der Waals surface area (Å²) in [7, 11) is 0. The molecule has 176 valence electrons. The molecule has 0 radical (unpaired) electrons. The van der Waals surface area contributed by atoms with Gasteiger partial charge in [-0.25, -0.2) is 9.89 Å². The second-order valence-electron chi connectivity index (χ2n) is 8.48. The van der Waals surface area contributed by atoms with Gasteiger partial charge in [-0.05, 0) is 56.3 Å². The summed E-state index contributed by atoms with van der Waals surface area (Å²) in [6.45, 7) is 12.1. The Balaban J connectivity index is 2.59. The van der Waals surface area contributed by atoms with E-state index in [9.17, 15) is 14.4 Å². The molecule has 0 aliphatic carbocycles. The molecule has 0 N–H and O–H groups in total. The summed E-state index contributed by atoms with van der Waals surface area (Å²) in [6.07, 6.45) is 0. The van der Waals surface area contributed by atoms with E-state index in [1.165, 1.54) is 25.1 Å². The number of carbonyl (C=O) groups excluding carboxylic acids is 3. The smallest absolute Gasteiger partial charge is 0.287 e. The Morgan fingerprint density at radius 3 is 1.97 bits per heavy atom. The summed E-state index contributed by atoms with van der Waals surface area (Å²) < 4.78 is 0. The van der Waals surface area contributed by atoms with Gasteiger partial charge in [0.15, 0.2) is 11.5 Å². The van der Waals surface area contributed by atoms with Gasteiger partial charge < -0.3 is 4.90 Å². The summed E-state index contributed by atoms with van der Waals surface area (Å²) in [6, 6.07) is 11.6. The quantitative estimate of drug-likeness (QED) is 0.347. The first-order chi connectivity index (χ1) is 15.4. The van der Waals surface area contributed by atoms with Crippen molar-refractivity contribution in [2.75, 3.05) is 22.9 Å². The standard InChI is InChI=1S/C25H29Cl2N3O3/c1-7-29(8-2)19-12-10-18(11-13-19)28-22(23(32)25(4,5)6)24(33)30(16(3)31)21-14-9-17(26)15-20(21)27/h9-15H,7-8H2,1-6H3/b28-22-. The lowest BCUT2D eigenvalue weighted by atomic mass is 9.87. The van der Waals surface area contributed by atoms with Crippen molar-refractivity contribution < 1.29 is 14.4 Å². The summed E-state index contributed by atoms with van der Waals surface area (Å²) in [5.41, 5.74) is 0.316. The van der Waals surface area contributed by atoms with E-state index < -0.39 is 23.0 Å². The van der Waals surface area contributed by atoms with E-state index in [1.807, 2.05) is 12.1 Å². The number of aliphatic imine (C=N–C) groups is 1. The molecule has 6 nitrogen and oxygen atoms in total. The van der Waals surface area contributed by atoms with Gasteiger partial charge in [0, 0.05) is 36.1 Å².